The van der Waals surface area contributed by atoms with Crippen molar-refractivity contribution in [1.82, 2.24) is 9.80 Å². The average molecular weight is 341 g/mol. The number of piperazine rings is 1. The van der Waals surface area contributed by atoms with Crippen molar-refractivity contribution in [2.24, 2.45) is 0 Å². The van der Waals surface area contributed by atoms with Crippen molar-refractivity contribution in [3.05, 3.63) is 34.9 Å². The Morgan fingerprint density at radius 2 is 2.04 bits per heavy atom. The molecule has 2 heterocycles. The third-order valence-electron chi connectivity index (χ3n) is 5.11. The van der Waals surface area contributed by atoms with Crippen molar-refractivity contribution in [1.29, 1.82) is 5.26 Å². The summed E-state index contributed by atoms with van der Waals surface area (Å²) in [4.78, 5) is 16.7. The monoisotopic (exact) mass is 341 g/mol. The summed E-state index contributed by atoms with van der Waals surface area (Å²) in [5, 5.41) is 9.04. The van der Waals surface area contributed by atoms with Crippen molar-refractivity contribution in [3.8, 4) is 6.07 Å². The van der Waals surface area contributed by atoms with Gasteiger partial charge in [-0.3, -0.25) is 4.90 Å². The predicted molar refractivity (Wildman–Crippen MR) is 96.4 cm³/mol. The molecule has 0 aromatic heterocycles. The maximum absolute atomic E-state index is 12.3. The van der Waals surface area contributed by atoms with Gasteiger partial charge in [0.1, 0.15) is 5.60 Å². The molecule has 0 radical (unpaired) electrons. The highest BCUT2D eigenvalue weighted by atomic mass is 16.6. The van der Waals surface area contributed by atoms with Crippen molar-refractivity contribution in [3.63, 3.8) is 0 Å². The number of carbonyl (C=O) groups excluding carboxylic acids is 1. The van der Waals surface area contributed by atoms with E-state index in [1.807, 2.05) is 37.8 Å². The third-order valence-corrected chi connectivity index (χ3v) is 5.11. The Morgan fingerprint density at radius 3 is 2.68 bits per heavy atom. The topological polar surface area (TPSA) is 56.6 Å². The largest absolute Gasteiger partial charge is 0.444 e. The number of aryl methyl sites for hydroxylation is 1. The summed E-state index contributed by atoms with van der Waals surface area (Å²) < 4.78 is 5.52. The van der Waals surface area contributed by atoms with Crippen LogP contribution in [-0.2, 0) is 4.74 Å². The third kappa shape index (κ3) is 3.96. The number of hydrogen-bond donors (Lipinski definition) is 0. The van der Waals surface area contributed by atoms with Gasteiger partial charge in [-0.05, 0) is 63.3 Å². The summed E-state index contributed by atoms with van der Waals surface area (Å²) in [6, 6.07) is 8.57. The first-order valence-corrected chi connectivity index (χ1v) is 8.99. The molecule has 5 nitrogen and oxygen atoms in total. The molecule has 1 aromatic rings. The number of ether oxygens (including phenoxy) is 1. The Balaban J connectivity index is 1.66. The van der Waals surface area contributed by atoms with Crippen molar-refractivity contribution >= 4 is 6.09 Å². The molecule has 2 atom stereocenters. The molecule has 1 amide bonds. The second-order valence-corrected chi connectivity index (χ2v) is 8.19. The molecule has 134 valence electrons. The second-order valence-electron chi connectivity index (χ2n) is 8.19. The molecular formula is C20H27N3O2. The molecule has 0 saturated carbocycles. The number of amides is 1. The van der Waals surface area contributed by atoms with Crippen LogP contribution in [0.25, 0.3) is 0 Å². The average Bonchev–Trinajstić information content (AvgIpc) is 2.95. The number of nitriles is 1. The van der Waals surface area contributed by atoms with E-state index in [-0.39, 0.29) is 6.09 Å². The van der Waals surface area contributed by atoms with Gasteiger partial charge in [-0.2, -0.15) is 5.26 Å². The Hall–Kier alpha value is -2.06. The van der Waals surface area contributed by atoms with Gasteiger partial charge in [-0.25, -0.2) is 4.79 Å². The molecule has 0 aliphatic carbocycles. The molecule has 3 rings (SSSR count). The quantitative estimate of drug-likeness (QED) is 0.786. The molecule has 2 aliphatic heterocycles. The van der Waals surface area contributed by atoms with Crippen molar-refractivity contribution in [2.45, 2.75) is 51.7 Å². The first-order chi connectivity index (χ1) is 11.8. The fraction of sp³-hybridized carbons (Fsp3) is 0.600. The van der Waals surface area contributed by atoms with Gasteiger partial charge in [0.15, 0.2) is 0 Å². The van der Waals surface area contributed by atoms with Gasteiger partial charge in [-0.15, -0.1) is 0 Å². The van der Waals surface area contributed by atoms with Crippen LogP contribution in [0.15, 0.2) is 18.2 Å². The van der Waals surface area contributed by atoms with Crippen LogP contribution >= 0.6 is 0 Å². The number of fused-ring (bicyclic) bond motifs is 1. The maximum Gasteiger partial charge on any atom is 0.410 e. The normalized spacial score (nSPS) is 23.9. The van der Waals surface area contributed by atoms with E-state index in [0.717, 1.165) is 32.6 Å². The van der Waals surface area contributed by atoms with E-state index in [1.54, 1.807) is 0 Å². The van der Waals surface area contributed by atoms with Crippen LogP contribution in [0.3, 0.4) is 0 Å². The predicted octanol–water partition coefficient (Wildman–Crippen LogP) is 3.28. The Morgan fingerprint density at radius 1 is 1.28 bits per heavy atom. The standard InChI is InChI=1S/C20H27N3O2/c1-14-9-15(11-21)5-6-18(14)16-10-17-13-23(8-7-22(17)12-16)19(24)25-20(2,3)4/h5-6,9,16-17H,7-8,10,12-13H2,1-4H3. The van der Waals surface area contributed by atoms with Gasteiger partial charge in [0.25, 0.3) is 0 Å². The minimum Gasteiger partial charge on any atom is -0.444 e. The number of hydrogen-bond acceptors (Lipinski definition) is 4. The zero-order valence-corrected chi connectivity index (χ0v) is 15.6. The minimum atomic E-state index is -0.452. The number of benzene rings is 1. The summed E-state index contributed by atoms with van der Waals surface area (Å²) in [5.74, 6) is 0.469. The molecule has 1 aromatic carbocycles. The highest BCUT2D eigenvalue weighted by molar-refractivity contribution is 5.68. The summed E-state index contributed by atoms with van der Waals surface area (Å²) in [6.07, 6.45) is 0.844. The van der Waals surface area contributed by atoms with E-state index in [1.165, 1.54) is 11.1 Å². The van der Waals surface area contributed by atoms with E-state index < -0.39 is 5.60 Å². The molecule has 2 aliphatic rings. The summed E-state index contributed by atoms with van der Waals surface area (Å²) in [6.45, 7) is 11.2. The maximum atomic E-state index is 12.3. The summed E-state index contributed by atoms with van der Waals surface area (Å²) in [7, 11) is 0. The molecule has 0 bridgehead atoms. The van der Waals surface area contributed by atoms with Crippen LogP contribution in [0.4, 0.5) is 4.79 Å². The fourth-order valence-corrected chi connectivity index (χ4v) is 3.96. The van der Waals surface area contributed by atoms with Gasteiger partial charge < -0.3 is 9.64 Å². The SMILES string of the molecule is Cc1cc(C#N)ccc1C1CC2CN(C(=O)OC(C)(C)C)CCN2C1. The van der Waals surface area contributed by atoms with Gasteiger partial charge in [0.2, 0.25) is 0 Å². The molecule has 0 N–H and O–H groups in total. The van der Waals surface area contributed by atoms with Crippen molar-refractivity contribution < 1.29 is 9.53 Å². The lowest BCUT2D eigenvalue weighted by Gasteiger charge is -2.37. The van der Waals surface area contributed by atoms with Crippen LogP contribution < -0.4 is 0 Å². The number of rotatable bonds is 1. The molecule has 2 fully saturated rings. The van der Waals surface area contributed by atoms with E-state index in [9.17, 15) is 4.79 Å². The first kappa shape index (κ1) is 17.8. The number of nitrogens with zero attached hydrogens (tertiary/aromatic N) is 3. The lowest BCUT2D eigenvalue weighted by atomic mass is 9.91. The van der Waals surface area contributed by atoms with Crippen LogP contribution in [0.1, 0.15) is 49.8 Å². The van der Waals surface area contributed by atoms with E-state index in [0.29, 0.717) is 17.5 Å². The first-order valence-electron chi connectivity index (χ1n) is 8.99. The van der Waals surface area contributed by atoms with Crippen LogP contribution in [0, 0.1) is 18.3 Å². The zero-order chi connectivity index (χ0) is 18.2. The van der Waals surface area contributed by atoms with Crippen LogP contribution in [0.2, 0.25) is 0 Å². The minimum absolute atomic E-state index is 0.204. The molecule has 25 heavy (non-hydrogen) atoms. The summed E-state index contributed by atoms with van der Waals surface area (Å²) in [5.41, 5.74) is 2.78. The molecular weight excluding hydrogens is 314 g/mol. The Labute approximate surface area is 150 Å². The van der Waals surface area contributed by atoms with Gasteiger partial charge in [0, 0.05) is 32.2 Å². The van der Waals surface area contributed by atoms with Crippen molar-refractivity contribution in [2.75, 3.05) is 26.2 Å². The van der Waals surface area contributed by atoms with E-state index in [4.69, 9.17) is 10.00 Å². The summed E-state index contributed by atoms with van der Waals surface area (Å²) >= 11 is 0. The van der Waals surface area contributed by atoms with Gasteiger partial charge in [0.05, 0.1) is 11.6 Å². The Bertz CT molecular complexity index is 702. The number of carbonyl (C=O) groups is 1. The van der Waals surface area contributed by atoms with Crippen LogP contribution in [0.5, 0.6) is 0 Å². The molecule has 5 heteroatoms. The second kappa shape index (κ2) is 6.68. The highest BCUT2D eigenvalue weighted by Crippen LogP contribution is 2.35. The fourth-order valence-electron chi connectivity index (χ4n) is 3.96. The highest BCUT2D eigenvalue weighted by Gasteiger charge is 2.39. The van der Waals surface area contributed by atoms with Gasteiger partial charge in [-0.1, -0.05) is 6.07 Å². The smallest absolute Gasteiger partial charge is 0.410 e. The lowest BCUT2D eigenvalue weighted by molar-refractivity contribution is 0.00925. The van der Waals surface area contributed by atoms with Gasteiger partial charge >= 0.3 is 6.09 Å². The van der Waals surface area contributed by atoms with E-state index in [2.05, 4.69) is 24.0 Å². The lowest BCUT2D eigenvalue weighted by Crippen LogP contribution is -2.53. The zero-order valence-electron chi connectivity index (χ0n) is 15.6. The molecule has 2 unspecified atom stereocenters. The Kier molecular flexibility index (Phi) is 4.75. The van der Waals surface area contributed by atoms with Crippen LogP contribution in [-0.4, -0.2) is 53.7 Å². The molecule has 2 saturated heterocycles. The molecule has 0 spiro atoms. The van der Waals surface area contributed by atoms with E-state index >= 15 is 0 Å².